The first-order chi connectivity index (χ1) is 9.70. The molecule has 3 N–H and O–H groups in total. The summed E-state index contributed by atoms with van der Waals surface area (Å²) in [6.45, 7) is 4.63. The van der Waals surface area contributed by atoms with Gasteiger partial charge in [0, 0.05) is 12.1 Å². The minimum atomic E-state index is -3.96. The minimum absolute atomic E-state index is 0.120. The fraction of sp³-hybridized carbons (Fsp3) is 0.462. The first-order valence-corrected chi connectivity index (χ1v) is 9.22. The van der Waals surface area contributed by atoms with Gasteiger partial charge < -0.3 is 5.32 Å². The molecule has 0 bridgehead atoms. The minimum Gasteiger partial charge on any atom is -0.352 e. The second kappa shape index (κ2) is 7.58. The topological polar surface area (TPSA) is 89.3 Å². The fourth-order valence-electron chi connectivity index (χ4n) is 1.82. The lowest BCUT2D eigenvalue weighted by atomic mass is 10.0. The lowest BCUT2D eigenvalue weighted by Crippen LogP contribution is -2.29. The van der Waals surface area contributed by atoms with Crippen molar-refractivity contribution in [2.75, 3.05) is 6.54 Å². The monoisotopic (exact) mass is 396 g/mol. The van der Waals surface area contributed by atoms with Crippen LogP contribution in [-0.2, 0) is 10.0 Å². The van der Waals surface area contributed by atoms with Gasteiger partial charge in [-0.1, -0.05) is 38.3 Å². The maximum absolute atomic E-state index is 12.1. The largest absolute Gasteiger partial charge is 0.352 e. The molecule has 0 aromatic heterocycles. The maximum Gasteiger partial charge on any atom is 0.251 e. The number of carbonyl (C=O) groups is 1. The van der Waals surface area contributed by atoms with Crippen molar-refractivity contribution in [2.45, 2.75) is 31.6 Å². The zero-order valence-corrected chi connectivity index (χ0v) is 15.0. The summed E-state index contributed by atoms with van der Waals surface area (Å²) in [6, 6.07) is 2.62. The van der Waals surface area contributed by atoms with Crippen molar-refractivity contribution in [2.24, 2.45) is 11.1 Å². The summed E-state index contributed by atoms with van der Waals surface area (Å²) >= 11 is 9.00. The molecule has 0 aliphatic heterocycles. The number of carbonyl (C=O) groups excluding carboxylic acids is 1. The molecule has 5 nitrogen and oxygen atoms in total. The summed E-state index contributed by atoms with van der Waals surface area (Å²) in [5.41, 5.74) is 0.165. The highest BCUT2D eigenvalue weighted by Gasteiger charge is 2.19. The molecule has 0 aliphatic carbocycles. The van der Waals surface area contributed by atoms with Crippen LogP contribution in [0.5, 0.6) is 0 Å². The molecule has 118 valence electrons. The first kappa shape index (κ1) is 18.4. The lowest BCUT2D eigenvalue weighted by molar-refractivity contribution is 0.0946. The van der Waals surface area contributed by atoms with E-state index in [2.05, 4.69) is 35.1 Å². The molecule has 1 amide bonds. The Kier molecular flexibility index (Phi) is 6.65. The normalized spacial score (nSPS) is 11.7. The fourth-order valence-corrected chi connectivity index (χ4v) is 3.65. The number of nitrogens with two attached hydrogens (primary N) is 1. The summed E-state index contributed by atoms with van der Waals surface area (Å²) < 4.78 is 23.1. The molecule has 0 aliphatic rings. The van der Waals surface area contributed by atoms with Crippen LogP contribution in [0.3, 0.4) is 0 Å². The molecule has 0 atom stereocenters. The van der Waals surface area contributed by atoms with Crippen molar-refractivity contribution in [3.8, 4) is 0 Å². The van der Waals surface area contributed by atoms with E-state index in [-0.39, 0.29) is 25.9 Å². The van der Waals surface area contributed by atoms with Gasteiger partial charge in [-0.3, -0.25) is 4.79 Å². The Morgan fingerprint density at radius 2 is 1.95 bits per heavy atom. The molecular weight excluding hydrogens is 380 g/mol. The number of rotatable bonds is 6. The predicted octanol–water partition coefficient (Wildman–Crippen LogP) is 2.92. The molecule has 1 aromatic rings. The van der Waals surface area contributed by atoms with E-state index in [1.54, 1.807) is 0 Å². The standard InChI is InChI=1S/C13H18BrClN2O3S/c1-3-8(4-2)7-17-13(18)9-5-10(15)12(14)11(6-9)21(16,19)20/h5-6,8H,3-4,7H2,1-2H3,(H,17,18)(H2,16,19,20). The summed E-state index contributed by atoms with van der Waals surface area (Å²) in [5.74, 6) is 0.0128. The number of benzene rings is 1. The van der Waals surface area contributed by atoms with Crippen LogP contribution in [0.15, 0.2) is 21.5 Å². The molecule has 0 fully saturated rings. The van der Waals surface area contributed by atoms with E-state index in [1.807, 2.05) is 0 Å². The van der Waals surface area contributed by atoms with Crippen LogP contribution in [0.25, 0.3) is 0 Å². The van der Waals surface area contributed by atoms with Gasteiger partial charge in [-0.25, -0.2) is 13.6 Å². The lowest BCUT2D eigenvalue weighted by Gasteiger charge is -2.14. The van der Waals surface area contributed by atoms with Gasteiger partial charge in [-0.05, 0) is 34.0 Å². The van der Waals surface area contributed by atoms with Crippen LogP contribution in [0, 0.1) is 5.92 Å². The third-order valence-corrected chi connectivity index (χ3v) is 5.85. The molecule has 1 aromatic carbocycles. The van der Waals surface area contributed by atoms with Gasteiger partial charge in [0.25, 0.3) is 5.91 Å². The van der Waals surface area contributed by atoms with Gasteiger partial charge in [0.1, 0.15) is 0 Å². The molecule has 21 heavy (non-hydrogen) atoms. The van der Waals surface area contributed by atoms with Crippen molar-refractivity contribution in [3.05, 3.63) is 27.2 Å². The average molecular weight is 398 g/mol. The highest BCUT2D eigenvalue weighted by molar-refractivity contribution is 9.10. The third kappa shape index (κ3) is 4.95. The van der Waals surface area contributed by atoms with Gasteiger partial charge >= 0.3 is 0 Å². The Bertz CT molecular complexity index is 631. The van der Waals surface area contributed by atoms with Crippen LogP contribution in [0.4, 0.5) is 0 Å². The number of amides is 1. The molecule has 0 spiro atoms. The van der Waals surface area contributed by atoms with Crippen molar-refractivity contribution >= 4 is 43.5 Å². The summed E-state index contributed by atoms with van der Waals surface area (Å²) in [6.07, 6.45) is 1.92. The third-order valence-electron chi connectivity index (χ3n) is 3.27. The van der Waals surface area contributed by atoms with Crippen molar-refractivity contribution in [1.82, 2.24) is 5.32 Å². The van der Waals surface area contributed by atoms with Crippen molar-refractivity contribution in [1.29, 1.82) is 0 Å². The van der Waals surface area contributed by atoms with Gasteiger partial charge in [0.15, 0.2) is 0 Å². The molecule has 0 saturated heterocycles. The number of primary sulfonamides is 1. The van der Waals surface area contributed by atoms with Gasteiger partial charge in [0.05, 0.1) is 14.4 Å². The van der Waals surface area contributed by atoms with Crippen molar-refractivity contribution in [3.63, 3.8) is 0 Å². The molecule has 0 saturated carbocycles. The van der Waals surface area contributed by atoms with Crippen LogP contribution >= 0.6 is 27.5 Å². The van der Waals surface area contributed by atoms with Crippen LogP contribution in [0.2, 0.25) is 5.02 Å². The van der Waals surface area contributed by atoms with E-state index < -0.39 is 10.0 Å². The van der Waals surface area contributed by atoms with Gasteiger partial charge in [-0.15, -0.1) is 0 Å². The highest BCUT2D eigenvalue weighted by atomic mass is 79.9. The van der Waals surface area contributed by atoms with Crippen LogP contribution < -0.4 is 10.5 Å². The molecule has 0 heterocycles. The zero-order chi connectivity index (χ0) is 16.2. The zero-order valence-electron chi connectivity index (χ0n) is 11.8. The first-order valence-electron chi connectivity index (χ1n) is 6.50. The van der Waals surface area contributed by atoms with E-state index >= 15 is 0 Å². The Morgan fingerprint density at radius 3 is 2.43 bits per heavy atom. The number of halogens is 2. The number of hydrogen-bond acceptors (Lipinski definition) is 3. The summed E-state index contributed by atoms with van der Waals surface area (Å²) in [4.78, 5) is 11.9. The van der Waals surface area contributed by atoms with Gasteiger partial charge in [-0.2, -0.15) is 0 Å². The Hall–Kier alpha value is -0.630. The molecule has 8 heteroatoms. The maximum atomic E-state index is 12.1. The molecule has 0 radical (unpaired) electrons. The second-order valence-corrected chi connectivity index (χ2v) is 7.44. The highest BCUT2D eigenvalue weighted by Crippen LogP contribution is 2.30. The summed E-state index contributed by atoms with van der Waals surface area (Å²) in [5, 5.41) is 8.01. The van der Waals surface area contributed by atoms with Crippen molar-refractivity contribution < 1.29 is 13.2 Å². The van der Waals surface area contributed by atoms with Gasteiger partial charge in [0.2, 0.25) is 10.0 Å². The van der Waals surface area contributed by atoms with E-state index in [0.29, 0.717) is 12.5 Å². The molecule has 1 rings (SSSR count). The number of nitrogens with one attached hydrogen (secondary N) is 1. The number of sulfonamides is 1. The van der Waals surface area contributed by atoms with Crippen LogP contribution in [0.1, 0.15) is 37.0 Å². The SMILES string of the molecule is CCC(CC)CNC(=O)c1cc(Cl)c(Br)c(S(N)(=O)=O)c1. The molecule has 0 unspecified atom stereocenters. The van der Waals surface area contributed by atoms with E-state index in [0.717, 1.165) is 12.8 Å². The smallest absolute Gasteiger partial charge is 0.251 e. The quantitative estimate of drug-likeness (QED) is 0.773. The summed E-state index contributed by atoms with van der Waals surface area (Å²) in [7, 11) is -3.96. The van der Waals surface area contributed by atoms with E-state index in [9.17, 15) is 13.2 Å². The molecular formula is C13H18BrClN2O3S. The Balaban J connectivity index is 3.04. The Labute approximate surface area is 138 Å². The number of hydrogen-bond donors (Lipinski definition) is 2. The average Bonchev–Trinajstić information content (AvgIpc) is 2.41. The Morgan fingerprint density at radius 1 is 1.38 bits per heavy atom. The second-order valence-electron chi connectivity index (χ2n) is 4.71. The van der Waals surface area contributed by atoms with E-state index in [4.69, 9.17) is 16.7 Å². The predicted molar refractivity (Wildman–Crippen MR) is 86.9 cm³/mol. The van der Waals surface area contributed by atoms with E-state index in [1.165, 1.54) is 12.1 Å². The van der Waals surface area contributed by atoms with Crippen LogP contribution in [-0.4, -0.2) is 20.9 Å².